The molecule has 0 bridgehead atoms. The van der Waals surface area contributed by atoms with Crippen molar-refractivity contribution in [2.24, 2.45) is 5.73 Å². The van der Waals surface area contributed by atoms with Gasteiger partial charge in [0.2, 0.25) is 0 Å². The molecular formula is C13H12BrN3. The summed E-state index contributed by atoms with van der Waals surface area (Å²) in [4.78, 5) is 4.49. The van der Waals surface area contributed by atoms with Crippen molar-refractivity contribution in [3.63, 3.8) is 0 Å². The van der Waals surface area contributed by atoms with Crippen molar-refractivity contribution in [1.82, 2.24) is 9.38 Å². The van der Waals surface area contributed by atoms with Crippen molar-refractivity contribution in [1.29, 1.82) is 0 Å². The van der Waals surface area contributed by atoms with Crippen LogP contribution in [0, 0.1) is 0 Å². The molecule has 2 heterocycles. The van der Waals surface area contributed by atoms with Gasteiger partial charge in [-0.05, 0) is 18.7 Å². The second kappa shape index (κ2) is 4.13. The molecule has 0 saturated heterocycles. The van der Waals surface area contributed by atoms with E-state index >= 15 is 0 Å². The quantitative estimate of drug-likeness (QED) is 0.788. The van der Waals surface area contributed by atoms with Crippen molar-refractivity contribution in [3.8, 4) is 0 Å². The van der Waals surface area contributed by atoms with E-state index in [1.165, 1.54) is 5.39 Å². The minimum atomic E-state index is 0.643. The summed E-state index contributed by atoms with van der Waals surface area (Å²) in [6.07, 6.45) is 4.81. The highest BCUT2D eigenvalue weighted by molar-refractivity contribution is 9.10. The second-order valence-electron chi connectivity index (χ2n) is 4.00. The third-order valence-corrected chi connectivity index (χ3v) is 3.65. The SMILES string of the molecule is NCCc1cnc2c3cccc(Br)c3ccn12. The van der Waals surface area contributed by atoms with E-state index in [2.05, 4.69) is 43.6 Å². The van der Waals surface area contributed by atoms with Gasteiger partial charge in [0.15, 0.2) is 0 Å². The number of nitrogens with zero attached hydrogens (tertiary/aromatic N) is 2. The van der Waals surface area contributed by atoms with Gasteiger partial charge in [0.25, 0.3) is 0 Å². The molecule has 3 nitrogen and oxygen atoms in total. The average molecular weight is 290 g/mol. The number of pyridine rings is 1. The van der Waals surface area contributed by atoms with Crippen LogP contribution >= 0.6 is 15.9 Å². The van der Waals surface area contributed by atoms with E-state index in [1.807, 2.05) is 18.3 Å². The Balaban J connectivity index is 2.38. The van der Waals surface area contributed by atoms with Gasteiger partial charge in [0.05, 0.1) is 0 Å². The van der Waals surface area contributed by atoms with Gasteiger partial charge in [-0.3, -0.25) is 0 Å². The van der Waals surface area contributed by atoms with E-state index in [0.29, 0.717) is 6.54 Å². The highest BCUT2D eigenvalue weighted by atomic mass is 79.9. The normalized spacial score (nSPS) is 11.4. The highest BCUT2D eigenvalue weighted by Gasteiger charge is 2.07. The topological polar surface area (TPSA) is 43.3 Å². The van der Waals surface area contributed by atoms with Gasteiger partial charge in [-0.25, -0.2) is 4.98 Å². The molecule has 0 radical (unpaired) electrons. The van der Waals surface area contributed by atoms with Crippen molar-refractivity contribution in [2.45, 2.75) is 6.42 Å². The molecule has 2 N–H and O–H groups in total. The fourth-order valence-corrected chi connectivity index (χ4v) is 2.64. The number of nitrogens with two attached hydrogens (primary N) is 1. The first kappa shape index (κ1) is 10.7. The van der Waals surface area contributed by atoms with E-state index in [1.54, 1.807) is 0 Å². The van der Waals surface area contributed by atoms with Crippen molar-refractivity contribution >= 4 is 32.3 Å². The van der Waals surface area contributed by atoms with E-state index in [4.69, 9.17) is 5.73 Å². The Kier molecular flexibility index (Phi) is 2.61. The maximum atomic E-state index is 5.60. The van der Waals surface area contributed by atoms with Crippen LogP contribution in [0.2, 0.25) is 0 Å². The Morgan fingerprint density at radius 3 is 2.94 bits per heavy atom. The molecule has 1 aromatic carbocycles. The summed E-state index contributed by atoms with van der Waals surface area (Å²) in [5, 5.41) is 2.34. The first-order valence-electron chi connectivity index (χ1n) is 5.54. The summed E-state index contributed by atoms with van der Waals surface area (Å²) < 4.78 is 3.21. The summed E-state index contributed by atoms with van der Waals surface area (Å²) in [6.45, 7) is 0.643. The summed E-state index contributed by atoms with van der Waals surface area (Å²) in [6, 6.07) is 8.27. The second-order valence-corrected chi connectivity index (χ2v) is 4.85. The molecule has 17 heavy (non-hydrogen) atoms. The zero-order valence-electron chi connectivity index (χ0n) is 9.23. The van der Waals surface area contributed by atoms with Gasteiger partial charge in [-0.1, -0.05) is 28.1 Å². The molecule has 0 fully saturated rings. The summed E-state index contributed by atoms with van der Waals surface area (Å²) in [5.41, 5.74) is 7.75. The van der Waals surface area contributed by atoms with Crippen LogP contribution in [-0.4, -0.2) is 15.9 Å². The number of imidazole rings is 1. The molecule has 0 saturated carbocycles. The van der Waals surface area contributed by atoms with Gasteiger partial charge in [0.1, 0.15) is 5.65 Å². The van der Waals surface area contributed by atoms with Crippen LogP contribution < -0.4 is 5.73 Å². The van der Waals surface area contributed by atoms with Gasteiger partial charge in [-0.2, -0.15) is 0 Å². The fourth-order valence-electron chi connectivity index (χ4n) is 2.15. The summed E-state index contributed by atoms with van der Waals surface area (Å²) in [7, 11) is 0. The molecule has 0 aliphatic heterocycles. The summed E-state index contributed by atoms with van der Waals surface area (Å²) in [5.74, 6) is 0. The molecule has 0 aliphatic rings. The van der Waals surface area contributed by atoms with Crippen LogP contribution in [0.15, 0.2) is 41.1 Å². The lowest BCUT2D eigenvalue weighted by Gasteiger charge is -2.04. The van der Waals surface area contributed by atoms with Gasteiger partial charge < -0.3 is 10.1 Å². The van der Waals surface area contributed by atoms with Gasteiger partial charge >= 0.3 is 0 Å². The van der Waals surface area contributed by atoms with Crippen LogP contribution in [0.4, 0.5) is 0 Å². The maximum Gasteiger partial charge on any atom is 0.144 e. The van der Waals surface area contributed by atoms with E-state index in [9.17, 15) is 0 Å². The maximum absolute atomic E-state index is 5.60. The van der Waals surface area contributed by atoms with Gasteiger partial charge in [0, 0.05) is 39.8 Å². The van der Waals surface area contributed by atoms with E-state index < -0.39 is 0 Å². The number of halogens is 1. The van der Waals surface area contributed by atoms with E-state index in [-0.39, 0.29) is 0 Å². The molecule has 0 amide bonds. The molecule has 0 atom stereocenters. The Bertz CT molecular complexity index is 688. The first-order valence-corrected chi connectivity index (χ1v) is 6.34. The summed E-state index contributed by atoms with van der Waals surface area (Å²) >= 11 is 3.56. The Morgan fingerprint density at radius 1 is 1.24 bits per heavy atom. The number of rotatable bonds is 2. The minimum absolute atomic E-state index is 0.643. The molecule has 3 rings (SSSR count). The van der Waals surface area contributed by atoms with Crippen LogP contribution in [0.3, 0.4) is 0 Å². The van der Waals surface area contributed by atoms with Crippen molar-refractivity contribution in [2.75, 3.05) is 6.54 Å². The molecule has 3 aromatic rings. The average Bonchev–Trinajstić information content (AvgIpc) is 2.74. The minimum Gasteiger partial charge on any atom is -0.330 e. The fraction of sp³-hybridized carbons (Fsp3) is 0.154. The van der Waals surface area contributed by atoms with Crippen molar-refractivity contribution < 1.29 is 0 Å². The predicted molar refractivity (Wildman–Crippen MR) is 73.2 cm³/mol. The molecule has 0 unspecified atom stereocenters. The van der Waals surface area contributed by atoms with Crippen LogP contribution in [0.5, 0.6) is 0 Å². The highest BCUT2D eigenvalue weighted by Crippen LogP contribution is 2.26. The first-order chi connectivity index (χ1) is 8.31. The lowest BCUT2D eigenvalue weighted by molar-refractivity contribution is 0.906. The zero-order chi connectivity index (χ0) is 11.8. The molecule has 0 spiro atoms. The van der Waals surface area contributed by atoms with Crippen LogP contribution in [-0.2, 0) is 6.42 Å². The lowest BCUT2D eigenvalue weighted by atomic mass is 10.2. The third kappa shape index (κ3) is 1.64. The zero-order valence-corrected chi connectivity index (χ0v) is 10.8. The predicted octanol–water partition coefficient (Wildman–Crippen LogP) is 2.75. The number of aromatic nitrogens is 2. The number of fused-ring (bicyclic) bond motifs is 3. The van der Waals surface area contributed by atoms with Crippen molar-refractivity contribution in [3.05, 3.63) is 46.8 Å². The smallest absolute Gasteiger partial charge is 0.144 e. The molecule has 4 heteroatoms. The van der Waals surface area contributed by atoms with E-state index in [0.717, 1.165) is 27.6 Å². The monoisotopic (exact) mass is 289 g/mol. The molecule has 86 valence electrons. The largest absolute Gasteiger partial charge is 0.330 e. The Hall–Kier alpha value is -1.39. The molecular weight excluding hydrogens is 278 g/mol. The lowest BCUT2D eigenvalue weighted by Crippen LogP contribution is -2.04. The standard InChI is InChI=1S/C13H12BrN3/c14-12-3-1-2-11-10(12)5-7-17-9(4-6-15)8-16-13(11)17/h1-3,5,7-8H,4,6,15H2. The Morgan fingerprint density at radius 2 is 2.12 bits per heavy atom. The number of hydrogen-bond donors (Lipinski definition) is 1. The number of hydrogen-bond acceptors (Lipinski definition) is 2. The third-order valence-electron chi connectivity index (χ3n) is 2.96. The van der Waals surface area contributed by atoms with Crippen LogP contribution in [0.1, 0.15) is 5.69 Å². The van der Waals surface area contributed by atoms with Crippen LogP contribution in [0.25, 0.3) is 16.4 Å². The molecule has 2 aromatic heterocycles. The number of benzene rings is 1. The Labute approximate surface area is 107 Å². The molecule has 0 aliphatic carbocycles. The van der Waals surface area contributed by atoms with Gasteiger partial charge in [-0.15, -0.1) is 0 Å².